The van der Waals surface area contributed by atoms with Crippen molar-refractivity contribution in [2.45, 2.75) is 13.8 Å². The molecule has 3 aromatic rings. The number of nitrogens with zero attached hydrogens (tertiary/aromatic N) is 3. The summed E-state index contributed by atoms with van der Waals surface area (Å²) in [6.07, 6.45) is 0. The van der Waals surface area contributed by atoms with Gasteiger partial charge in [0.05, 0.1) is 15.8 Å². The van der Waals surface area contributed by atoms with E-state index in [1.54, 1.807) is 24.3 Å². The summed E-state index contributed by atoms with van der Waals surface area (Å²) in [6, 6.07) is 6.94. The Morgan fingerprint density at radius 3 is 2.05 bits per heavy atom. The third-order valence-corrected chi connectivity index (χ3v) is 3.28. The third kappa shape index (κ3) is 1.65. The summed E-state index contributed by atoms with van der Waals surface area (Å²) >= 11 is 0. The van der Waals surface area contributed by atoms with Crippen LogP contribution in [0.1, 0.15) is 11.4 Å². The summed E-state index contributed by atoms with van der Waals surface area (Å²) in [5, 5.41) is 12.3. The Kier molecular flexibility index (Phi) is 2.53. The fourth-order valence-corrected chi connectivity index (χ4v) is 2.35. The van der Waals surface area contributed by atoms with Crippen LogP contribution < -0.4 is 5.73 Å². The quantitative estimate of drug-likeness (QED) is 0.317. The van der Waals surface area contributed by atoms with E-state index in [0.717, 1.165) is 11.4 Å². The summed E-state index contributed by atoms with van der Waals surface area (Å²) < 4.78 is 0. The molecule has 6 heteroatoms. The Labute approximate surface area is 114 Å². The van der Waals surface area contributed by atoms with Gasteiger partial charge in [0.15, 0.2) is 0 Å². The topological polar surface area (TPSA) is 94.9 Å². The van der Waals surface area contributed by atoms with Gasteiger partial charge in [0, 0.05) is 16.8 Å². The van der Waals surface area contributed by atoms with Crippen molar-refractivity contribution in [3.05, 3.63) is 45.8 Å². The van der Waals surface area contributed by atoms with E-state index in [2.05, 4.69) is 9.97 Å². The molecule has 0 saturated carbocycles. The lowest BCUT2D eigenvalue weighted by molar-refractivity contribution is -0.382. The molecule has 1 aromatic carbocycles. The number of aromatic nitrogens is 2. The van der Waals surface area contributed by atoms with Gasteiger partial charge in [-0.15, -0.1) is 0 Å². The van der Waals surface area contributed by atoms with E-state index in [1.807, 2.05) is 13.8 Å². The van der Waals surface area contributed by atoms with E-state index < -0.39 is 4.92 Å². The number of hydrogen-bond donors (Lipinski definition) is 1. The second-order valence-corrected chi connectivity index (χ2v) is 4.72. The van der Waals surface area contributed by atoms with Crippen LogP contribution in [0.5, 0.6) is 0 Å². The molecule has 0 radical (unpaired) electrons. The van der Waals surface area contributed by atoms with E-state index in [4.69, 9.17) is 5.73 Å². The van der Waals surface area contributed by atoms with Gasteiger partial charge in [-0.2, -0.15) is 0 Å². The highest BCUT2D eigenvalue weighted by Gasteiger charge is 2.22. The van der Waals surface area contributed by atoms with Crippen LogP contribution in [0.15, 0.2) is 24.3 Å². The Morgan fingerprint density at radius 1 is 1.00 bits per heavy atom. The molecule has 2 aromatic heterocycles. The molecule has 2 heterocycles. The van der Waals surface area contributed by atoms with Gasteiger partial charge in [0.2, 0.25) is 0 Å². The second kappa shape index (κ2) is 4.12. The van der Waals surface area contributed by atoms with Crippen LogP contribution in [0.3, 0.4) is 0 Å². The summed E-state index contributed by atoms with van der Waals surface area (Å²) in [5.41, 5.74) is 8.71. The van der Waals surface area contributed by atoms with Crippen LogP contribution in [0.2, 0.25) is 0 Å². The Bertz CT molecular complexity index is 874. The molecule has 0 aliphatic carbocycles. The lowest BCUT2D eigenvalue weighted by Crippen LogP contribution is -2.01. The lowest BCUT2D eigenvalue weighted by atomic mass is 10.1. The number of nitrogen functional groups attached to an aromatic ring is 1. The number of hydrogen-bond acceptors (Lipinski definition) is 5. The minimum Gasteiger partial charge on any atom is -0.393 e. The lowest BCUT2D eigenvalue weighted by Gasteiger charge is -2.08. The minimum atomic E-state index is -0.464. The highest BCUT2D eigenvalue weighted by molar-refractivity contribution is 6.14. The molecule has 0 aliphatic rings. The predicted octanol–water partition coefficient (Wildman–Crippen LogP) is 2.89. The van der Waals surface area contributed by atoms with Crippen molar-refractivity contribution in [1.29, 1.82) is 0 Å². The van der Waals surface area contributed by atoms with Crippen LogP contribution in [-0.2, 0) is 0 Å². The number of benzene rings is 1. The summed E-state index contributed by atoms with van der Waals surface area (Å²) in [6.45, 7) is 3.70. The molecule has 20 heavy (non-hydrogen) atoms. The molecular weight excluding hydrogens is 256 g/mol. The fourth-order valence-electron chi connectivity index (χ4n) is 2.35. The highest BCUT2D eigenvalue weighted by atomic mass is 16.6. The van der Waals surface area contributed by atoms with Gasteiger partial charge in [0.1, 0.15) is 11.2 Å². The number of nitrogens with two attached hydrogens (primary N) is 1. The van der Waals surface area contributed by atoms with Crippen LogP contribution in [-0.4, -0.2) is 14.9 Å². The first-order valence-corrected chi connectivity index (χ1v) is 6.09. The first kappa shape index (κ1) is 12.3. The zero-order chi connectivity index (χ0) is 14.4. The van der Waals surface area contributed by atoms with Gasteiger partial charge in [0.25, 0.3) is 0 Å². The van der Waals surface area contributed by atoms with Gasteiger partial charge in [-0.25, -0.2) is 0 Å². The zero-order valence-corrected chi connectivity index (χ0v) is 11.0. The fraction of sp³-hybridized carbons (Fsp3) is 0.143. The van der Waals surface area contributed by atoms with Crippen molar-refractivity contribution in [2.24, 2.45) is 0 Å². The van der Waals surface area contributed by atoms with Crippen molar-refractivity contribution in [3.63, 3.8) is 0 Å². The van der Waals surface area contributed by atoms with Crippen molar-refractivity contribution in [1.82, 2.24) is 9.97 Å². The Hall–Kier alpha value is -2.76. The number of aryl methyl sites for hydroxylation is 2. The standard InChI is InChI=1S/C14H12N4O2/c1-7-3-5-9-11(15)14(18(19)20)10-6-4-8(2)17-13(10)12(9)16-7/h3-6H,15H2,1-2H3. The highest BCUT2D eigenvalue weighted by Crippen LogP contribution is 2.38. The monoisotopic (exact) mass is 268 g/mol. The van der Waals surface area contributed by atoms with E-state index in [9.17, 15) is 10.1 Å². The average Bonchev–Trinajstić information content (AvgIpc) is 2.39. The van der Waals surface area contributed by atoms with E-state index in [-0.39, 0.29) is 11.4 Å². The van der Waals surface area contributed by atoms with Crippen LogP contribution in [0, 0.1) is 24.0 Å². The first-order chi connectivity index (χ1) is 9.49. The molecule has 6 nitrogen and oxygen atoms in total. The van der Waals surface area contributed by atoms with Crippen LogP contribution in [0.4, 0.5) is 11.4 Å². The molecule has 0 amide bonds. The average molecular weight is 268 g/mol. The summed E-state index contributed by atoms with van der Waals surface area (Å²) in [5.74, 6) is 0. The maximum atomic E-state index is 11.3. The van der Waals surface area contributed by atoms with Crippen LogP contribution >= 0.6 is 0 Å². The number of fused-ring (bicyclic) bond motifs is 3. The molecule has 3 rings (SSSR count). The van der Waals surface area contributed by atoms with Crippen LogP contribution in [0.25, 0.3) is 21.8 Å². The van der Waals surface area contributed by atoms with Gasteiger partial charge >= 0.3 is 5.69 Å². The normalized spacial score (nSPS) is 11.1. The molecule has 0 aliphatic heterocycles. The smallest absolute Gasteiger partial charge is 0.302 e. The molecule has 0 bridgehead atoms. The summed E-state index contributed by atoms with van der Waals surface area (Å²) in [7, 11) is 0. The molecule has 0 spiro atoms. The van der Waals surface area contributed by atoms with E-state index in [1.165, 1.54) is 0 Å². The van der Waals surface area contributed by atoms with Gasteiger partial charge in [-0.05, 0) is 38.1 Å². The SMILES string of the molecule is Cc1ccc2c(N)c([N+](=O)[O-])c3ccc(C)nc3c2n1. The first-order valence-electron chi connectivity index (χ1n) is 6.09. The van der Waals surface area contributed by atoms with Gasteiger partial charge in [-0.1, -0.05) is 0 Å². The molecule has 0 unspecified atom stereocenters. The largest absolute Gasteiger partial charge is 0.393 e. The molecular formula is C14H12N4O2. The van der Waals surface area contributed by atoms with E-state index in [0.29, 0.717) is 21.8 Å². The Morgan fingerprint density at radius 2 is 1.50 bits per heavy atom. The number of nitro groups is 1. The molecule has 100 valence electrons. The molecule has 2 N–H and O–H groups in total. The number of pyridine rings is 2. The number of nitro benzene ring substituents is 1. The molecule has 0 fully saturated rings. The maximum Gasteiger partial charge on any atom is 0.302 e. The molecule has 0 atom stereocenters. The zero-order valence-electron chi connectivity index (χ0n) is 11.0. The maximum absolute atomic E-state index is 11.3. The number of rotatable bonds is 1. The number of anilines is 1. The van der Waals surface area contributed by atoms with Gasteiger partial charge in [-0.3, -0.25) is 20.1 Å². The second-order valence-electron chi connectivity index (χ2n) is 4.72. The predicted molar refractivity (Wildman–Crippen MR) is 77.6 cm³/mol. The third-order valence-electron chi connectivity index (χ3n) is 3.28. The van der Waals surface area contributed by atoms with Gasteiger partial charge < -0.3 is 5.73 Å². The Balaban J connectivity index is 2.65. The van der Waals surface area contributed by atoms with Crippen molar-refractivity contribution >= 4 is 33.2 Å². The minimum absolute atomic E-state index is 0.106. The summed E-state index contributed by atoms with van der Waals surface area (Å²) in [4.78, 5) is 19.7. The van der Waals surface area contributed by atoms with E-state index >= 15 is 0 Å². The van der Waals surface area contributed by atoms with Crippen molar-refractivity contribution < 1.29 is 4.92 Å². The van der Waals surface area contributed by atoms with Crippen molar-refractivity contribution in [2.75, 3.05) is 5.73 Å². The van der Waals surface area contributed by atoms with Crippen molar-refractivity contribution in [3.8, 4) is 0 Å². The molecule has 0 saturated heterocycles.